The van der Waals surface area contributed by atoms with Gasteiger partial charge in [0.15, 0.2) is 0 Å². The van der Waals surface area contributed by atoms with E-state index >= 15 is 0 Å². The van der Waals surface area contributed by atoms with Crippen molar-refractivity contribution in [1.82, 2.24) is 5.32 Å². The second-order valence-electron chi connectivity index (χ2n) is 3.29. The van der Waals surface area contributed by atoms with Crippen molar-refractivity contribution in [3.05, 3.63) is 0 Å². The van der Waals surface area contributed by atoms with Gasteiger partial charge in [0.1, 0.15) is 0 Å². The largest absolute Gasteiger partial charge is 0.377 e. The van der Waals surface area contributed by atoms with Crippen LogP contribution in [0.2, 0.25) is 0 Å². The van der Waals surface area contributed by atoms with E-state index < -0.39 is 0 Å². The fourth-order valence-electron chi connectivity index (χ4n) is 1.50. The molecule has 2 nitrogen and oxygen atoms in total. The third-order valence-electron chi connectivity index (χ3n) is 2.22. The number of hydrogen-bond donors (Lipinski definition) is 1. The molecule has 0 fully saturated rings. The van der Waals surface area contributed by atoms with E-state index in [1.54, 1.807) is 0 Å². The van der Waals surface area contributed by atoms with E-state index in [1.807, 2.05) is 13.8 Å². The molecule has 0 aromatic rings. The van der Waals surface area contributed by atoms with Crippen molar-refractivity contribution in [2.75, 3.05) is 13.2 Å². The van der Waals surface area contributed by atoms with Crippen molar-refractivity contribution in [2.24, 2.45) is 0 Å². The van der Waals surface area contributed by atoms with Gasteiger partial charge in [-0.1, -0.05) is 6.92 Å². The van der Waals surface area contributed by atoms with Gasteiger partial charge in [-0.05, 0) is 33.7 Å². The number of hydrogen-bond acceptors (Lipinski definition) is 2. The maximum Gasteiger partial charge on any atom is 0.0700 e. The first-order valence-corrected chi connectivity index (χ1v) is 5.50. The molecule has 2 unspecified atom stereocenters. The van der Waals surface area contributed by atoms with Crippen LogP contribution in [0.4, 0.5) is 0 Å². The summed E-state index contributed by atoms with van der Waals surface area (Å²) in [5.74, 6) is 6.01. The maximum absolute atomic E-state index is 5.58. The molecule has 0 heterocycles. The molecule has 0 bridgehead atoms. The average Bonchev–Trinajstić information content (AvgIpc) is 2.17. The summed E-state index contributed by atoms with van der Waals surface area (Å²) in [5, 5.41) is 3.43. The number of rotatable bonds is 7. The van der Waals surface area contributed by atoms with Crippen LogP contribution in [-0.4, -0.2) is 25.3 Å². The maximum atomic E-state index is 5.58. The van der Waals surface area contributed by atoms with Crippen LogP contribution in [0.1, 0.15) is 40.5 Å². The molecule has 2 atom stereocenters. The van der Waals surface area contributed by atoms with Gasteiger partial charge in [-0.2, -0.15) is 0 Å². The van der Waals surface area contributed by atoms with Crippen LogP contribution in [0, 0.1) is 11.8 Å². The Morgan fingerprint density at radius 3 is 2.57 bits per heavy atom. The quantitative estimate of drug-likeness (QED) is 0.632. The van der Waals surface area contributed by atoms with Crippen molar-refractivity contribution in [1.29, 1.82) is 0 Å². The lowest BCUT2D eigenvalue weighted by molar-refractivity contribution is 0.0461. The topological polar surface area (TPSA) is 21.3 Å². The Morgan fingerprint density at radius 2 is 2.07 bits per heavy atom. The zero-order chi connectivity index (χ0) is 10.8. The molecule has 0 saturated heterocycles. The molecule has 82 valence electrons. The minimum atomic E-state index is 0.276. The molecule has 0 amide bonds. The van der Waals surface area contributed by atoms with Crippen LogP contribution in [-0.2, 0) is 4.74 Å². The molecule has 0 rings (SSSR count). The van der Waals surface area contributed by atoms with Crippen LogP contribution in [0.15, 0.2) is 0 Å². The summed E-state index contributed by atoms with van der Waals surface area (Å²) in [6.07, 6.45) is 2.29. The number of nitrogens with one attached hydrogen (secondary N) is 1. The zero-order valence-electron chi connectivity index (χ0n) is 9.89. The van der Waals surface area contributed by atoms with Crippen LogP contribution in [0.5, 0.6) is 0 Å². The van der Waals surface area contributed by atoms with E-state index in [2.05, 4.69) is 31.0 Å². The van der Waals surface area contributed by atoms with Crippen LogP contribution in [0.25, 0.3) is 0 Å². The normalized spacial score (nSPS) is 14.3. The highest BCUT2D eigenvalue weighted by atomic mass is 16.5. The van der Waals surface area contributed by atoms with Gasteiger partial charge in [0, 0.05) is 19.1 Å². The standard InChI is InChI=1S/C12H23NO/c1-5-8-9-10-12(13-6-2)11(4)14-7-3/h11-13H,6-7,9-10H2,1-4H3. The van der Waals surface area contributed by atoms with E-state index in [1.165, 1.54) is 0 Å². The summed E-state index contributed by atoms with van der Waals surface area (Å²) in [6, 6.07) is 0.431. The third kappa shape index (κ3) is 6.01. The molecule has 0 aromatic carbocycles. The summed E-state index contributed by atoms with van der Waals surface area (Å²) in [5.41, 5.74) is 0. The van der Waals surface area contributed by atoms with Gasteiger partial charge in [0.25, 0.3) is 0 Å². The molecule has 14 heavy (non-hydrogen) atoms. The Kier molecular flexibility index (Phi) is 8.72. The highest BCUT2D eigenvalue weighted by molar-refractivity contribution is 4.96. The fourth-order valence-corrected chi connectivity index (χ4v) is 1.50. The molecule has 0 aromatic heterocycles. The monoisotopic (exact) mass is 197 g/mol. The van der Waals surface area contributed by atoms with Crippen molar-refractivity contribution >= 4 is 0 Å². The van der Waals surface area contributed by atoms with E-state index in [4.69, 9.17) is 4.74 Å². The van der Waals surface area contributed by atoms with Gasteiger partial charge in [0.05, 0.1) is 6.10 Å². The lowest BCUT2D eigenvalue weighted by Crippen LogP contribution is -2.39. The van der Waals surface area contributed by atoms with Gasteiger partial charge in [-0.25, -0.2) is 0 Å². The summed E-state index contributed by atoms with van der Waals surface area (Å²) in [7, 11) is 0. The van der Waals surface area contributed by atoms with Crippen LogP contribution >= 0.6 is 0 Å². The number of ether oxygens (including phenoxy) is 1. The van der Waals surface area contributed by atoms with Crippen molar-refractivity contribution < 1.29 is 4.74 Å². The van der Waals surface area contributed by atoms with Crippen LogP contribution in [0.3, 0.4) is 0 Å². The Morgan fingerprint density at radius 1 is 1.36 bits per heavy atom. The predicted molar refractivity (Wildman–Crippen MR) is 61.2 cm³/mol. The van der Waals surface area contributed by atoms with Crippen molar-refractivity contribution in [2.45, 2.75) is 52.7 Å². The summed E-state index contributed by atoms with van der Waals surface area (Å²) in [6.45, 7) is 9.93. The molecule has 0 aliphatic carbocycles. The molecular formula is C12H23NO. The summed E-state index contributed by atoms with van der Waals surface area (Å²) in [4.78, 5) is 0. The minimum Gasteiger partial charge on any atom is -0.377 e. The Bertz CT molecular complexity index is 180. The van der Waals surface area contributed by atoms with Gasteiger partial charge in [0.2, 0.25) is 0 Å². The summed E-state index contributed by atoms with van der Waals surface area (Å²) >= 11 is 0. The molecule has 0 saturated carbocycles. The first-order valence-electron chi connectivity index (χ1n) is 5.50. The zero-order valence-corrected chi connectivity index (χ0v) is 9.89. The lowest BCUT2D eigenvalue weighted by atomic mass is 10.1. The molecule has 1 N–H and O–H groups in total. The molecule has 0 aliphatic heterocycles. The highest BCUT2D eigenvalue weighted by Gasteiger charge is 2.14. The van der Waals surface area contributed by atoms with Gasteiger partial charge >= 0.3 is 0 Å². The summed E-state index contributed by atoms with van der Waals surface area (Å²) < 4.78 is 5.58. The van der Waals surface area contributed by atoms with Gasteiger partial charge in [-0.3, -0.25) is 0 Å². The van der Waals surface area contributed by atoms with Gasteiger partial charge < -0.3 is 10.1 Å². The first-order chi connectivity index (χ1) is 6.76. The first kappa shape index (κ1) is 13.5. The van der Waals surface area contributed by atoms with E-state index in [0.717, 1.165) is 26.0 Å². The second kappa shape index (κ2) is 9.05. The minimum absolute atomic E-state index is 0.276. The molecule has 0 radical (unpaired) electrons. The third-order valence-corrected chi connectivity index (χ3v) is 2.22. The SMILES string of the molecule is CC#CCCC(NCC)C(C)OCC. The van der Waals surface area contributed by atoms with Gasteiger partial charge in [-0.15, -0.1) is 11.8 Å². The van der Waals surface area contributed by atoms with E-state index in [0.29, 0.717) is 6.04 Å². The second-order valence-corrected chi connectivity index (χ2v) is 3.29. The highest BCUT2D eigenvalue weighted by Crippen LogP contribution is 2.05. The predicted octanol–water partition coefficient (Wildman–Crippen LogP) is 2.19. The van der Waals surface area contributed by atoms with Crippen LogP contribution < -0.4 is 5.32 Å². The van der Waals surface area contributed by atoms with Crippen molar-refractivity contribution in [3.63, 3.8) is 0 Å². The molecule has 2 heteroatoms. The van der Waals surface area contributed by atoms with E-state index in [-0.39, 0.29) is 6.10 Å². The Hall–Kier alpha value is -0.520. The Labute approximate surface area is 88.4 Å². The van der Waals surface area contributed by atoms with Crippen molar-refractivity contribution in [3.8, 4) is 11.8 Å². The van der Waals surface area contributed by atoms with E-state index in [9.17, 15) is 0 Å². The molecule has 0 aliphatic rings. The number of likely N-dealkylation sites (N-methyl/N-ethyl adjacent to an activating group) is 1. The molecular weight excluding hydrogens is 174 g/mol. The average molecular weight is 197 g/mol. The smallest absolute Gasteiger partial charge is 0.0700 e. The fraction of sp³-hybridized carbons (Fsp3) is 0.833. The Balaban J connectivity index is 3.90. The lowest BCUT2D eigenvalue weighted by Gasteiger charge is -2.23. The molecule has 0 spiro atoms.